The lowest BCUT2D eigenvalue weighted by Crippen LogP contribution is -2.45. The first-order valence-electron chi connectivity index (χ1n) is 21.6. The fourth-order valence-electron chi connectivity index (χ4n) is 6.65. The highest BCUT2D eigenvalue weighted by molar-refractivity contribution is 5.76. The van der Waals surface area contributed by atoms with Crippen LogP contribution in [0.15, 0.2) is 24.3 Å². The number of amides is 1. The van der Waals surface area contributed by atoms with E-state index >= 15 is 0 Å². The Balaban J connectivity index is 3.70. The largest absolute Gasteiger partial charge is 0.394 e. The number of hydrogen-bond acceptors (Lipinski definition) is 4. The molecule has 3 atom stereocenters. The van der Waals surface area contributed by atoms with Crippen LogP contribution in [0.3, 0.4) is 0 Å². The summed E-state index contributed by atoms with van der Waals surface area (Å²) in [5.74, 6) is -0.323. The van der Waals surface area contributed by atoms with E-state index in [0.29, 0.717) is 6.42 Å². The van der Waals surface area contributed by atoms with Crippen molar-refractivity contribution < 1.29 is 20.1 Å². The van der Waals surface area contributed by atoms with Gasteiger partial charge in [0.1, 0.15) is 0 Å². The maximum absolute atomic E-state index is 12.4. The Hall–Kier alpha value is -1.17. The van der Waals surface area contributed by atoms with Crippen molar-refractivity contribution in [3.8, 4) is 0 Å². The van der Waals surface area contributed by atoms with Gasteiger partial charge >= 0.3 is 0 Å². The second-order valence-corrected chi connectivity index (χ2v) is 15.0. The smallest absolute Gasteiger partial charge is 0.222 e. The summed E-state index contributed by atoms with van der Waals surface area (Å²) in [6.07, 6.45) is 47.5. The van der Waals surface area contributed by atoms with E-state index in [0.717, 1.165) is 32.1 Å². The summed E-state index contributed by atoms with van der Waals surface area (Å²) in [5, 5.41) is 33.2. The summed E-state index contributed by atoms with van der Waals surface area (Å²) in [5.41, 5.74) is 0. The normalized spacial score (nSPS) is 13.8. The van der Waals surface area contributed by atoms with Gasteiger partial charge in [-0.25, -0.2) is 0 Å². The van der Waals surface area contributed by atoms with Crippen molar-refractivity contribution in [2.75, 3.05) is 6.61 Å². The fourth-order valence-corrected chi connectivity index (χ4v) is 6.65. The molecule has 5 heteroatoms. The minimum atomic E-state index is -0.948. The van der Waals surface area contributed by atoms with Crippen LogP contribution in [0, 0.1) is 0 Å². The molecular formula is C44H85NO4. The Morgan fingerprint density at radius 1 is 0.510 bits per heavy atom. The number of carbonyl (C=O) groups is 1. The minimum absolute atomic E-state index is 0.00951. The topological polar surface area (TPSA) is 89.8 Å². The Bertz CT molecular complexity index is 724. The second kappa shape index (κ2) is 39.6. The molecule has 5 nitrogen and oxygen atoms in total. The Morgan fingerprint density at radius 2 is 0.878 bits per heavy atom. The molecule has 0 saturated heterocycles. The van der Waals surface area contributed by atoms with E-state index in [9.17, 15) is 20.1 Å². The highest BCUT2D eigenvalue weighted by Gasteiger charge is 2.20. The van der Waals surface area contributed by atoms with Gasteiger partial charge in [-0.1, -0.05) is 212 Å². The van der Waals surface area contributed by atoms with Crippen LogP contribution in [0.2, 0.25) is 0 Å². The molecule has 0 heterocycles. The lowest BCUT2D eigenvalue weighted by molar-refractivity contribution is -0.124. The average Bonchev–Trinajstić information content (AvgIpc) is 3.09. The lowest BCUT2D eigenvalue weighted by Gasteiger charge is -2.21. The monoisotopic (exact) mass is 692 g/mol. The van der Waals surface area contributed by atoms with Gasteiger partial charge in [-0.15, -0.1) is 0 Å². The number of hydrogen-bond donors (Lipinski definition) is 4. The summed E-state index contributed by atoms with van der Waals surface area (Å²) >= 11 is 0. The number of aliphatic hydroxyl groups is 3. The number of allylic oxidation sites excluding steroid dienone is 3. The molecule has 0 aromatic carbocycles. The first kappa shape index (κ1) is 47.8. The third kappa shape index (κ3) is 36.4. The predicted octanol–water partition coefficient (Wildman–Crippen LogP) is 12.2. The maximum atomic E-state index is 12.4. The van der Waals surface area contributed by atoms with Gasteiger partial charge < -0.3 is 20.6 Å². The number of unbranched alkanes of at least 4 members (excludes halogenated alkanes) is 28. The van der Waals surface area contributed by atoms with E-state index in [-0.39, 0.29) is 18.9 Å². The van der Waals surface area contributed by atoms with E-state index in [4.69, 9.17) is 0 Å². The Labute approximate surface area is 305 Å². The zero-order valence-electron chi connectivity index (χ0n) is 32.8. The number of aliphatic hydroxyl groups excluding tert-OH is 3. The molecule has 0 aromatic rings. The SMILES string of the molecule is CCCCCCCCCCCCCCC/C=C/CC/C=C/C(O)C(CO)NC(=O)CC(O)CCCCCCCCCCCCCCCCC. The van der Waals surface area contributed by atoms with Crippen molar-refractivity contribution in [1.82, 2.24) is 5.32 Å². The summed E-state index contributed by atoms with van der Waals surface area (Å²) in [7, 11) is 0. The van der Waals surface area contributed by atoms with Crippen LogP contribution >= 0.6 is 0 Å². The standard InChI is InChI=1S/C44H85NO4/c1-3-5-7-9-11-13-15-17-19-20-21-22-24-26-28-30-32-34-36-38-43(48)42(40-46)45-44(49)39-41(47)37-35-33-31-29-27-25-23-18-16-14-12-10-8-6-4-2/h28,30,36,38,41-43,46-48H,3-27,29,31-35,37,39-40H2,1-2H3,(H,45,49)/b30-28+,38-36+. The van der Waals surface area contributed by atoms with Gasteiger partial charge in [0.2, 0.25) is 5.91 Å². The van der Waals surface area contributed by atoms with E-state index in [1.807, 2.05) is 6.08 Å². The molecule has 3 unspecified atom stereocenters. The van der Waals surface area contributed by atoms with Crippen LogP contribution in [0.1, 0.15) is 226 Å². The summed E-state index contributed by atoms with van der Waals surface area (Å²) in [4.78, 5) is 12.4. The van der Waals surface area contributed by atoms with Crippen LogP contribution in [0.25, 0.3) is 0 Å². The molecule has 0 spiro atoms. The van der Waals surface area contributed by atoms with Gasteiger partial charge in [0.15, 0.2) is 0 Å². The molecule has 0 aromatic heterocycles. The van der Waals surface area contributed by atoms with Crippen molar-refractivity contribution in [2.45, 2.75) is 244 Å². The Kier molecular flexibility index (Phi) is 38.7. The summed E-state index contributed by atoms with van der Waals surface area (Å²) in [6, 6.07) is -0.757. The first-order valence-corrected chi connectivity index (χ1v) is 21.6. The second-order valence-electron chi connectivity index (χ2n) is 15.0. The van der Waals surface area contributed by atoms with Crippen molar-refractivity contribution in [1.29, 1.82) is 0 Å². The first-order chi connectivity index (χ1) is 24.0. The minimum Gasteiger partial charge on any atom is -0.394 e. The van der Waals surface area contributed by atoms with Crippen molar-refractivity contribution in [3.63, 3.8) is 0 Å². The quantitative estimate of drug-likeness (QED) is 0.0381. The molecule has 0 radical (unpaired) electrons. The highest BCUT2D eigenvalue weighted by atomic mass is 16.3. The molecule has 0 aliphatic heterocycles. The third-order valence-corrected chi connectivity index (χ3v) is 9.99. The maximum Gasteiger partial charge on any atom is 0.222 e. The van der Waals surface area contributed by atoms with Gasteiger partial charge in [-0.2, -0.15) is 0 Å². The molecule has 0 saturated carbocycles. The van der Waals surface area contributed by atoms with E-state index in [1.165, 1.54) is 167 Å². The van der Waals surface area contributed by atoms with Gasteiger partial charge in [-0.05, 0) is 32.1 Å². The van der Waals surface area contributed by atoms with Crippen molar-refractivity contribution >= 4 is 5.91 Å². The highest BCUT2D eigenvalue weighted by Crippen LogP contribution is 2.16. The summed E-state index contributed by atoms with van der Waals surface area (Å²) < 4.78 is 0. The summed E-state index contributed by atoms with van der Waals surface area (Å²) in [6.45, 7) is 4.21. The molecular weight excluding hydrogens is 606 g/mol. The molecule has 0 fully saturated rings. The van der Waals surface area contributed by atoms with Gasteiger partial charge in [0, 0.05) is 0 Å². The van der Waals surface area contributed by atoms with Gasteiger partial charge in [-0.3, -0.25) is 4.79 Å². The van der Waals surface area contributed by atoms with Crippen LogP contribution in [-0.4, -0.2) is 46.1 Å². The van der Waals surface area contributed by atoms with Gasteiger partial charge in [0.05, 0.1) is 31.3 Å². The molecule has 290 valence electrons. The van der Waals surface area contributed by atoms with Gasteiger partial charge in [0.25, 0.3) is 0 Å². The van der Waals surface area contributed by atoms with E-state index < -0.39 is 18.2 Å². The van der Waals surface area contributed by atoms with E-state index in [2.05, 4.69) is 31.3 Å². The molecule has 0 aliphatic rings. The zero-order valence-corrected chi connectivity index (χ0v) is 32.8. The predicted molar refractivity (Wildman–Crippen MR) is 213 cm³/mol. The molecule has 4 N–H and O–H groups in total. The molecule has 1 amide bonds. The van der Waals surface area contributed by atoms with Crippen LogP contribution in [0.5, 0.6) is 0 Å². The van der Waals surface area contributed by atoms with Crippen LogP contribution in [0.4, 0.5) is 0 Å². The van der Waals surface area contributed by atoms with Crippen LogP contribution < -0.4 is 5.32 Å². The zero-order chi connectivity index (χ0) is 35.9. The molecule has 49 heavy (non-hydrogen) atoms. The van der Waals surface area contributed by atoms with Crippen molar-refractivity contribution in [2.24, 2.45) is 0 Å². The third-order valence-electron chi connectivity index (χ3n) is 9.99. The molecule has 0 rings (SSSR count). The van der Waals surface area contributed by atoms with E-state index in [1.54, 1.807) is 6.08 Å². The lowest BCUT2D eigenvalue weighted by atomic mass is 10.0. The number of rotatable bonds is 39. The van der Waals surface area contributed by atoms with Crippen molar-refractivity contribution in [3.05, 3.63) is 24.3 Å². The molecule has 0 aliphatic carbocycles. The average molecular weight is 692 g/mol. The molecule has 0 bridgehead atoms. The number of nitrogens with one attached hydrogen (secondary N) is 1. The fraction of sp³-hybridized carbons (Fsp3) is 0.886. The van der Waals surface area contributed by atoms with Crippen LogP contribution in [-0.2, 0) is 4.79 Å². The Morgan fingerprint density at radius 3 is 1.31 bits per heavy atom. The number of carbonyl (C=O) groups excluding carboxylic acids is 1.